The molecule has 1 aliphatic rings. The molecule has 0 spiro atoms. The molecule has 6 nitrogen and oxygen atoms in total. The number of rotatable bonds is 3. The van der Waals surface area contributed by atoms with Crippen LogP contribution >= 0.6 is 24.0 Å². The fraction of sp³-hybridized carbons (Fsp3) is 0. The first-order valence-corrected chi connectivity index (χ1v) is 7.79. The molecule has 1 fully saturated rings. The Morgan fingerprint density at radius 2 is 2.09 bits per heavy atom. The second kappa shape index (κ2) is 6.27. The van der Waals surface area contributed by atoms with Crippen LogP contribution in [0.2, 0.25) is 0 Å². The van der Waals surface area contributed by atoms with E-state index in [1.807, 2.05) is 12.1 Å². The zero-order valence-corrected chi connectivity index (χ0v) is 13.3. The number of thioether (sulfide) groups is 1. The Bertz CT molecular complexity index is 815. The zero-order chi connectivity index (χ0) is 16.4. The van der Waals surface area contributed by atoms with Gasteiger partial charge in [-0.1, -0.05) is 23.9 Å². The van der Waals surface area contributed by atoms with Crippen molar-refractivity contribution in [2.45, 2.75) is 0 Å². The van der Waals surface area contributed by atoms with Gasteiger partial charge in [0.1, 0.15) is 5.75 Å². The normalized spacial score (nSPS) is 16.2. The summed E-state index contributed by atoms with van der Waals surface area (Å²) >= 11 is 6.22. The van der Waals surface area contributed by atoms with Gasteiger partial charge in [0.25, 0.3) is 11.8 Å². The third-order valence-corrected chi connectivity index (χ3v) is 4.37. The van der Waals surface area contributed by atoms with E-state index >= 15 is 0 Å². The smallest absolute Gasteiger partial charge is 0.285 e. The molecule has 2 amide bonds. The van der Waals surface area contributed by atoms with Crippen molar-refractivity contribution in [1.82, 2.24) is 15.4 Å². The Hall–Kier alpha value is -2.58. The minimum Gasteiger partial charge on any atom is -0.507 e. The van der Waals surface area contributed by atoms with Crippen molar-refractivity contribution in [3.8, 4) is 5.75 Å². The quantitative estimate of drug-likeness (QED) is 0.587. The van der Waals surface area contributed by atoms with E-state index in [1.54, 1.807) is 24.4 Å². The van der Waals surface area contributed by atoms with E-state index in [2.05, 4.69) is 10.4 Å². The number of phenols is 1. The van der Waals surface area contributed by atoms with E-state index in [-0.39, 0.29) is 15.6 Å². The number of phenolic OH excluding ortho intramolecular Hbond substituents is 1. The second-order valence-corrected chi connectivity index (χ2v) is 6.28. The van der Waals surface area contributed by atoms with Crippen LogP contribution in [-0.4, -0.2) is 31.2 Å². The number of nitrogens with one attached hydrogen (secondary N) is 2. The van der Waals surface area contributed by atoms with Gasteiger partial charge >= 0.3 is 0 Å². The van der Waals surface area contributed by atoms with E-state index in [0.29, 0.717) is 4.91 Å². The first-order chi connectivity index (χ1) is 11.1. The molecule has 1 aromatic carbocycles. The summed E-state index contributed by atoms with van der Waals surface area (Å²) in [5.41, 5.74) is 3.24. The number of para-hydroxylation sites is 1. The highest BCUT2D eigenvalue weighted by molar-refractivity contribution is 8.26. The van der Waals surface area contributed by atoms with Crippen LogP contribution in [0.5, 0.6) is 5.75 Å². The fourth-order valence-electron chi connectivity index (χ4n) is 1.97. The van der Waals surface area contributed by atoms with Crippen LogP contribution in [0.25, 0.3) is 6.08 Å². The average molecular weight is 345 g/mol. The van der Waals surface area contributed by atoms with Gasteiger partial charge in [-0.2, -0.15) is 5.01 Å². The maximum Gasteiger partial charge on any atom is 0.285 e. The van der Waals surface area contributed by atoms with Gasteiger partial charge in [-0.15, -0.1) is 0 Å². The van der Waals surface area contributed by atoms with Gasteiger partial charge in [-0.25, -0.2) is 0 Å². The van der Waals surface area contributed by atoms with Crippen molar-refractivity contribution in [2.24, 2.45) is 0 Å². The third-order valence-electron chi connectivity index (χ3n) is 3.06. The number of benzene rings is 1. The molecule has 8 heteroatoms. The second-order valence-electron chi connectivity index (χ2n) is 4.60. The van der Waals surface area contributed by atoms with Crippen molar-refractivity contribution in [1.29, 1.82) is 0 Å². The highest BCUT2D eigenvalue weighted by Gasteiger charge is 2.34. The topological polar surface area (TPSA) is 85.4 Å². The lowest BCUT2D eigenvalue weighted by atomic mass is 10.2. The molecular formula is C15H11N3O3S2. The molecule has 0 aliphatic carbocycles. The number of hydrogen-bond donors (Lipinski definition) is 3. The van der Waals surface area contributed by atoms with Crippen molar-refractivity contribution >= 4 is 46.2 Å². The lowest BCUT2D eigenvalue weighted by Gasteiger charge is -2.15. The minimum atomic E-state index is -0.611. The lowest BCUT2D eigenvalue weighted by molar-refractivity contribution is -0.123. The van der Waals surface area contributed by atoms with Crippen LogP contribution in [0.3, 0.4) is 0 Å². The summed E-state index contributed by atoms with van der Waals surface area (Å²) in [6.07, 6.45) is 3.40. The minimum absolute atomic E-state index is 0.0647. The summed E-state index contributed by atoms with van der Waals surface area (Å²) in [6, 6.07) is 9.69. The highest BCUT2D eigenvalue weighted by Crippen LogP contribution is 2.31. The number of aromatic nitrogens is 1. The Balaban J connectivity index is 1.79. The first kappa shape index (κ1) is 15.3. The monoisotopic (exact) mass is 345 g/mol. The Kier molecular flexibility index (Phi) is 4.18. The predicted octanol–water partition coefficient (Wildman–Crippen LogP) is 2.27. The van der Waals surface area contributed by atoms with Crippen molar-refractivity contribution in [3.05, 3.63) is 58.8 Å². The number of nitrogens with zero attached hydrogens (tertiary/aromatic N) is 1. The molecule has 3 N–H and O–H groups in total. The van der Waals surface area contributed by atoms with Gasteiger partial charge in [0.2, 0.25) is 0 Å². The molecule has 0 radical (unpaired) electrons. The summed E-state index contributed by atoms with van der Waals surface area (Å²) in [7, 11) is 0. The van der Waals surface area contributed by atoms with Gasteiger partial charge in [-0.05, 0) is 42.6 Å². The van der Waals surface area contributed by atoms with Crippen LogP contribution in [0.1, 0.15) is 16.1 Å². The van der Waals surface area contributed by atoms with Crippen molar-refractivity contribution < 1.29 is 14.7 Å². The number of hydrazine groups is 1. The fourth-order valence-corrected chi connectivity index (χ4v) is 3.14. The van der Waals surface area contributed by atoms with E-state index < -0.39 is 11.8 Å². The van der Waals surface area contributed by atoms with Gasteiger partial charge in [0, 0.05) is 11.9 Å². The van der Waals surface area contributed by atoms with Gasteiger partial charge < -0.3 is 10.1 Å². The standard InChI is InChI=1S/C15H11N3O3S2/c19-11-6-2-1-5-10(11)13(20)17-18-14(21)12(23-15(18)22)8-9-4-3-7-16-9/h1-8,16,19H,(H,17,20)/b12-8-. The Labute approximate surface area is 141 Å². The van der Waals surface area contributed by atoms with Crippen LogP contribution in [0.4, 0.5) is 0 Å². The van der Waals surface area contributed by atoms with E-state index in [9.17, 15) is 14.7 Å². The molecule has 23 heavy (non-hydrogen) atoms. The van der Waals surface area contributed by atoms with Crippen molar-refractivity contribution in [3.63, 3.8) is 0 Å². The summed E-state index contributed by atoms with van der Waals surface area (Å²) in [4.78, 5) is 27.9. The predicted molar refractivity (Wildman–Crippen MR) is 91.4 cm³/mol. The number of thiocarbonyl (C=S) groups is 1. The van der Waals surface area contributed by atoms with Crippen molar-refractivity contribution in [2.75, 3.05) is 0 Å². The number of carbonyl (C=O) groups is 2. The SMILES string of the molecule is O=C(NN1C(=O)/C(=C/c2ccc[nH]2)SC1=S)c1ccccc1O. The van der Waals surface area contributed by atoms with Gasteiger partial charge in [-0.3, -0.25) is 15.0 Å². The third kappa shape index (κ3) is 3.13. The molecule has 0 bridgehead atoms. The summed E-state index contributed by atoms with van der Waals surface area (Å²) in [6.45, 7) is 0. The van der Waals surface area contributed by atoms with Crippen LogP contribution in [0.15, 0.2) is 47.5 Å². The molecule has 2 heterocycles. The largest absolute Gasteiger partial charge is 0.507 e. The molecule has 2 aromatic rings. The summed E-state index contributed by atoms with van der Waals surface area (Å²) in [5.74, 6) is -1.20. The summed E-state index contributed by atoms with van der Waals surface area (Å²) in [5, 5.41) is 10.7. The summed E-state index contributed by atoms with van der Waals surface area (Å²) < 4.78 is 0.219. The molecule has 1 aliphatic heterocycles. The molecule has 0 unspecified atom stereocenters. The number of hydrogen-bond acceptors (Lipinski definition) is 5. The molecule has 0 atom stereocenters. The van der Waals surface area contributed by atoms with Crippen LogP contribution < -0.4 is 5.43 Å². The Morgan fingerprint density at radius 3 is 2.78 bits per heavy atom. The zero-order valence-electron chi connectivity index (χ0n) is 11.6. The van der Waals surface area contributed by atoms with Crippen LogP contribution in [0, 0.1) is 0 Å². The molecular weight excluding hydrogens is 334 g/mol. The number of amides is 2. The van der Waals surface area contributed by atoms with Gasteiger partial charge in [0.05, 0.1) is 10.5 Å². The maximum atomic E-state index is 12.4. The number of aromatic amines is 1. The number of aromatic hydroxyl groups is 1. The Morgan fingerprint density at radius 1 is 1.30 bits per heavy atom. The highest BCUT2D eigenvalue weighted by atomic mass is 32.2. The van der Waals surface area contributed by atoms with Gasteiger partial charge in [0.15, 0.2) is 4.32 Å². The lowest BCUT2D eigenvalue weighted by Crippen LogP contribution is -2.44. The average Bonchev–Trinajstić information content (AvgIpc) is 3.12. The molecule has 1 saturated heterocycles. The van der Waals surface area contributed by atoms with E-state index in [0.717, 1.165) is 22.5 Å². The van der Waals surface area contributed by atoms with E-state index in [1.165, 1.54) is 12.1 Å². The van der Waals surface area contributed by atoms with E-state index in [4.69, 9.17) is 12.2 Å². The number of carbonyl (C=O) groups excluding carboxylic acids is 2. The molecule has 116 valence electrons. The molecule has 3 rings (SSSR count). The maximum absolute atomic E-state index is 12.4. The molecule has 1 aromatic heterocycles. The number of H-pyrrole nitrogens is 1. The van der Waals surface area contributed by atoms with Crippen LogP contribution in [-0.2, 0) is 4.79 Å². The first-order valence-electron chi connectivity index (χ1n) is 6.56. The molecule has 0 saturated carbocycles.